The lowest BCUT2D eigenvalue weighted by molar-refractivity contribution is 0.0529. The molecule has 1 amide bonds. The zero-order chi connectivity index (χ0) is 17.7. The van der Waals surface area contributed by atoms with E-state index >= 15 is 0 Å². The molecule has 8 heteroatoms. The fraction of sp³-hybridized carbons (Fsp3) is 0.533. The lowest BCUT2D eigenvalue weighted by atomic mass is 10.1. The van der Waals surface area contributed by atoms with Crippen molar-refractivity contribution in [3.63, 3.8) is 0 Å². The van der Waals surface area contributed by atoms with Crippen LogP contribution in [-0.4, -0.2) is 33.2 Å². The maximum atomic E-state index is 12.1. The first-order valence-electron chi connectivity index (χ1n) is 7.40. The van der Waals surface area contributed by atoms with E-state index in [-0.39, 0.29) is 18.0 Å². The van der Waals surface area contributed by atoms with Crippen molar-refractivity contribution in [2.24, 2.45) is 0 Å². The van der Waals surface area contributed by atoms with Crippen LogP contribution in [0.3, 0.4) is 0 Å². The summed E-state index contributed by atoms with van der Waals surface area (Å²) in [5, 5.41) is 2.48. The van der Waals surface area contributed by atoms with Gasteiger partial charge in [-0.3, -0.25) is 0 Å². The topological polar surface area (TPSA) is 111 Å². The van der Waals surface area contributed by atoms with Gasteiger partial charge in [-0.25, -0.2) is 17.9 Å². The third-order valence-corrected chi connectivity index (χ3v) is 4.35. The molecule has 0 saturated carbocycles. The Morgan fingerprint density at radius 1 is 1.26 bits per heavy atom. The van der Waals surface area contributed by atoms with Gasteiger partial charge in [0.05, 0.1) is 4.90 Å². The molecule has 0 aliphatic heterocycles. The first kappa shape index (κ1) is 19.2. The van der Waals surface area contributed by atoms with Crippen LogP contribution in [0.5, 0.6) is 0 Å². The quantitative estimate of drug-likeness (QED) is 0.537. The number of hydrogen-bond donors (Lipinski definition) is 3. The molecule has 0 spiro atoms. The molecule has 0 fully saturated rings. The molecule has 0 aliphatic rings. The molecule has 130 valence electrons. The number of carbonyl (C=O) groups excluding carboxylic acids is 1. The average molecular weight is 343 g/mol. The van der Waals surface area contributed by atoms with Crippen molar-refractivity contribution < 1.29 is 17.9 Å². The normalized spacial score (nSPS) is 12.0. The van der Waals surface area contributed by atoms with Gasteiger partial charge in [-0.05, 0) is 44.9 Å². The second kappa shape index (κ2) is 7.65. The van der Waals surface area contributed by atoms with Gasteiger partial charge in [0, 0.05) is 18.8 Å². The van der Waals surface area contributed by atoms with Crippen LogP contribution in [0.1, 0.15) is 33.3 Å². The Morgan fingerprint density at radius 3 is 2.43 bits per heavy atom. The van der Waals surface area contributed by atoms with Crippen molar-refractivity contribution in [1.29, 1.82) is 0 Å². The fourth-order valence-corrected chi connectivity index (χ4v) is 2.88. The second-order valence-corrected chi connectivity index (χ2v) is 7.81. The minimum atomic E-state index is -3.66. The number of aryl methyl sites for hydroxylation is 1. The third kappa shape index (κ3) is 6.45. The van der Waals surface area contributed by atoms with Crippen LogP contribution in [0.15, 0.2) is 23.1 Å². The van der Waals surface area contributed by atoms with Crippen molar-refractivity contribution in [3.05, 3.63) is 23.8 Å². The third-order valence-electron chi connectivity index (χ3n) is 2.89. The highest BCUT2D eigenvalue weighted by atomic mass is 32.2. The Kier molecular flexibility index (Phi) is 6.40. The van der Waals surface area contributed by atoms with E-state index in [4.69, 9.17) is 10.5 Å². The number of sulfonamides is 1. The summed E-state index contributed by atoms with van der Waals surface area (Å²) in [6, 6.07) is 4.64. The SMILES string of the molecule is CCc1ccc(S(=O)(=O)NCCNC(=O)OC(C)(C)C)cc1N. The summed E-state index contributed by atoms with van der Waals surface area (Å²) >= 11 is 0. The van der Waals surface area contributed by atoms with E-state index in [1.165, 1.54) is 12.1 Å². The summed E-state index contributed by atoms with van der Waals surface area (Å²) in [4.78, 5) is 11.5. The molecule has 0 heterocycles. The second-order valence-electron chi connectivity index (χ2n) is 6.04. The standard InChI is InChI=1S/C15H25N3O4S/c1-5-11-6-7-12(10-13(11)16)23(20,21)18-9-8-17-14(19)22-15(2,3)4/h6-7,10,18H,5,8-9,16H2,1-4H3,(H,17,19). The van der Waals surface area contributed by atoms with Crippen molar-refractivity contribution in [1.82, 2.24) is 10.0 Å². The number of benzene rings is 1. The lowest BCUT2D eigenvalue weighted by Crippen LogP contribution is -2.37. The Hall–Kier alpha value is -1.80. The van der Waals surface area contributed by atoms with Gasteiger partial charge in [-0.1, -0.05) is 13.0 Å². The molecule has 1 aromatic carbocycles. The van der Waals surface area contributed by atoms with Gasteiger partial charge in [0.2, 0.25) is 10.0 Å². The summed E-state index contributed by atoms with van der Waals surface area (Å²) in [5.41, 5.74) is 6.57. The average Bonchev–Trinajstić information content (AvgIpc) is 2.41. The van der Waals surface area contributed by atoms with Crippen molar-refractivity contribution in [2.45, 2.75) is 44.6 Å². The van der Waals surface area contributed by atoms with Crippen LogP contribution in [-0.2, 0) is 21.2 Å². The minimum Gasteiger partial charge on any atom is -0.444 e. The van der Waals surface area contributed by atoms with Crippen molar-refractivity contribution >= 4 is 21.8 Å². The van der Waals surface area contributed by atoms with Gasteiger partial charge >= 0.3 is 6.09 Å². The molecule has 1 rings (SSSR count). The number of ether oxygens (including phenoxy) is 1. The molecule has 0 atom stereocenters. The van der Waals surface area contributed by atoms with E-state index in [1.807, 2.05) is 6.92 Å². The predicted octanol–water partition coefficient (Wildman–Crippen LogP) is 1.63. The molecule has 0 unspecified atom stereocenters. The van der Waals surface area contributed by atoms with Gasteiger partial charge in [0.25, 0.3) is 0 Å². The highest BCUT2D eigenvalue weighted by Gasteiger charge is 2.17. The minimum absolute atomic E-state index is 0.0526. The lowest BCUT2D eigenvalue weighted by Gasteiger charge is -2.19. The monoisotopic (exact) mass is 343 g/mol. The van der Waals surface area contributed by atoms with Crippen molar-refractivity contribution in [3.8, 4) is 0 Å². The number of amides is 1. The summed E-state index contributed by atoms with van der Waals surface area (Å²) in [6.45, 7) is 7.37. The zero-order valence-electron chi connectivity index (χ0n) is 14.0. The van der Waals surface area contributed by atoms with Crippen LogP contribution in [0.25, 0.3) is 0 Å². The molecule has 23 heavy (non-hydrogen) atoms. The molecule has 0 aliphatic carbocycles. The summed E-state index contributed by atoms with van der Waals surface area (Å²) < 4.78 is 31.8. The smallest absolute Gasteiger partial charge is 0.407 e. The zero-order valence-corrected chi connectivity index (χ0v) is 14.8. The Morgan fingerprint density at radius 2 is 1.91 bits per heavy atom. The highest BCUT2D eigenvalue weighted by molar-refractivity contribution is 7.89. The Bertz CT molecular complexity index is 651. The number of rotatable bonds is 6. The molecule has 1 aromatic rings. The van der Waals surface area contributed by atoms with E-state index in [0.29, 0.717) is 5.69 Å². The first-order valence-corrected chi connectivity index (χ1v) is 8.88. The molecule has 0 aromatic heterocycles. The number of alkyl carbamates (subject to hydrolysis) is 1. The van der Waals surface area contributed by atoms with E-state index in [1.54, 1.807) is 26.8 Å². The summed E-state index contributed by atoms with van der Waals surface area (Å²) in [6.07, 6.45) is 0.146. The number of nitrogens with two attached hydrogens (primary N) is 1. The Balaban J connectivity index is 2.54. The van der Waals surface area contributed by atoms with Crippen molar-refractivity contribution in [2.75, 3.05) is 18.8 Å². The molecule has 7 nitrogen and oxygen atoms in total. The molecular formula is C15H25N3O4S. The van der Waals surface area contributed by atoms with Gasteiger partial charge in [-0.15, -0.1) is 0 Å². The van der Waals surface area contributed by atoms with Crippen LogP contribution in [0.4, 0.5) is 10.5 Å². The van der Waals surface area contributed by atoms with E-state index in [0.717, 1.165) is 12.0 Å². The van der Waals surface area contributed by atoms with Crippen LogP contribution in [0, 0.1) is 0 Å². The number of nitrogens with one attached hydrogen (secondary N) is 2. The molecular weight excluding hydrogens is 318 g/mol. The summed E-state index contributed by atoms with van der Waals surface area (Å²) in [5.74, 6) is 0. The number of nitrogen functional groups attached to an aromatic ring is 1. The maximum absolute atomic E-state index is 12.1. The van der Waals surface area contributed by atoms with E-state index < -0.39 is 21.7 Å². The largest absolute Gasteiger partial charge is 0.444 e. The molecule has 4 N–H and O–H groups in total. The maximum Gasteiger partial charge on any atom is 0.407 e. The van der Waals surface area contributed by atoms with Crippen LogP contribution in [0.2, 0.25) is 0 Å². The Labute approximate surface area is 137 Å². The van der Waals surface area contributed by atoms with Crippen LogP contribution < -0.4 is 15.8 Å². The fourth-order valence-electron chi connectivity index (χ4n) is 1.81. The van der Waals surface area contributed by atoms with Crippen LogP contribution >= 0.6 is 0 Å². The van der Waals surface area contributed by atoms with E-state index in [9.17, 15) is 13.2 Å². The predicted molar refractivity (Wildman–Crippen MR) is 89.7 cm³/mol. The highest BCUT2D eigenvalue weighted by Crippen LogP contribution is 2.18. The molecule has 0 bridgehead atoms. The number of carbonyl (C=O) groups is 1. The van der Waals surface area contributed by atoms with Gasteiger partial charge in [0.15, 0.2) is 0 Å². The van der Waals surface area contributed by atoms with Gasteiger partial charge < -0.3 is 15.8 Å². The van der Waals surface area contributed by atoms with Gasteiger partial charge in [-0.2, -0.15) is 0 Å². The molecule has 0 saturated heterocycles. The van der Waals surface area contributed by atoms with E-state index in [2.05, 4.69) is 10.0 Å². The van der Waals surface area contributed by atoms with Gasteiger partial charge in [0.1, 0.15) is 5.60 Å². The number of hydrogen-bond acceptors (Lipinski definition) is 5. The first-order chi connectivity index (χ1) is 10.5. The number of anilines is 1. The molecule has 0 radical (unpaired) electrons. The summed E-state index contributed by atoms with van der Waals surface area (Å²) in [7, 11) is -3.66.